The molecular formula is C64H72O10. The maximum absolute atomic E-state index is 13.7. The summed E-state index contributed by atoms with van der Waals surface area (Å²) in [5.74, 6) is 0.806. The summed E-state index contributed by atoms with van der Waals surface area (Å²) in [6.45, 7) is 5.78. The molecule has 4 aliphatic carbocycles. The molecule has 10 nitrogen and oxygen atoms in total. The quantitative estimate of drug-likeness (QED) is 0.0267. The van der Waals surface area contributed by atoms with E-state index in [2.05, 4.69) is 13.8 Å². The van der Waals surface area contributed by atoms with E-state index < -0.39 is 23.9 Å². The molecule has 0 N–H and O–H groups in total. The van der Waals surface area contributed by atoms with Gasteiger partial charge in [-0.1, -0.05) is 128 Å². The molecule has 0 radical (unpaired) electrons. The SMILES string of the molecule is CCCCCCCCCCOc1ccc(OC(=O)c2ccc(OC(=O)c3cc4ccc3CCc3ccc(c(C(=O)Oc5ccc(C(=O)Oc6ccc(OCCCCCCCCCC)cc6)cc5)c3)CC4)cc2)cc1. The molecule has 4 bridgehead atoms. The largest absolute Gasteiger partial charge is 0.494 e. The zero-order valence-electron chi connectivity index (χ0n) is 43.3. The molecule has 6 aromatic carbocycles. The predicted octanol–water partition coefficient (Wildman–Crippen LogP) is 15.5. The summed E-state index contributed by atoms with van der Waals surface area (Å²) in [4.78, 5) is 53.5. The average Bonchev–Trinajstić information content (AvgIpc) is 3.41. The van der Waals surface area contributed by atoms with Crippen molar-refractivity contribution in [1.29, 1.82) is 0 Å². The lowest BCUT2D eigenvalue weighted by molar-refractivity contribution is 0.0719. The van der Waals surface area contributed by atoms with E-state index in [0.29, 0.717) is 84.1 Å². The van der Waals surface area contributed by atoms with Crippen LogP contribution in [0.4, 0.5) is 0 Å². The number of rotatable bonds is 28. The minimum atomic E-state index is -0.530. The van der Waals surface area contributed by atoms with Crippen LogP contribution in [0, 0.1) is 0 Å². The number of ether oxygens (including phenoxy) is 6. The van der Waals surface area contributed by atoms with E-state index in [1.807, 2.05) is 36.4 Å². The Balaban J connectivity index is 0.857. The summed E-state index contributed by atoms with van der Waals surface area (Å²) < 4.78 is 34.7. The van der Waals surface area contributed by atoms with Crippen LogP contribution in [0.2, 0.25) is 0 Å². The molecular weight excluding hydrogens is 929 g/mol. The number of carbonyl (C=O) groups is 4. The van der Waals surface area contributed by atoms with Crippen LogP contribution in [-0.2, 0) is 25.7 Å². The van der Waals surface area contributed by atoms with Crippen LogP contribution >= 0.6 is 0 Å². The summed E-state index contributed by atoms with van der Waals surface area (Å²) >= 11 is 0. The lowest BCUT2D eigenvalue weighted by Crippen LogP contribution is -2.15. The molecule has 10 heteroatoms. The van der Waals surface area contributed by atoms with Gasteiger partial charge in [0.2, 0.25) is 0 Å². The number of aryl methyl sites for hydroxylation is 4. The number of esters is 4. The second kappa shape index (κ2) is 29.5. The maximum atomic E-state index is 13.7. The summed E-state index contributed by atoms with van der Waals surface area (Å²) in [7, 11) is 0. The smallest absolute Gasteiger partial charge is 0.343 e. The van der Waals surface area contributed by atoms with Gasteiger partial charge in [-0.2, -0.15) is 0 Å². The fourth-order valence-electron chi connectivity index (χ4n) is 8.97. The molecule has 0 spiro atoms. The van der Waals surface area contributed by atoms with Gasteiger partial charge in [0.15, 0.2) is 0 Å². The Morgan fingerprint density at radius 3 is 0.973 bits per heavy atom. The van der Waals surface area contributed by atoms with Crippen LogP contribution in [0.1, 0.15) is 180 Å². The second-order valence-corrected chi connectivity index (χ2v) is 19.2. The molecule has 74 heavy (non-hydrogen) atoms. The van der Waals surface area contributed by atoms with Crippen LogP contribution in [0.25, 0.3) is 0 Å². The van der Waals surface area contributed by atoms with Crippen molar-refractivity contribution in [2.24, 2.45) is 0 Å². The summed E-state index contributed by atoms with van der Waals surface area (Å²) in [6, 6.07) is 38.3. The number of carbonyl (C=O) groups excluding carboxylic acids is 4. The van der Waals surface area contributed by atoms with Gasteiger partial charge < -0.3 is 28.4 Å². The van der Waals surface area contributed by atoms with Crippen molar-refractivity contribution in [2.75, 3.05) is 13.2 Å². The molecule has 0 atom stereocenters. The molecule has 6 aromatic rings. The van der Waals surface area contributed by atoms with Gasteiger partial charge >= 0.3 is 23.9 Å². The second-order valence-electron chi connectivity index (χ2n) is 19.2. The summed E-state index contributed by atoms with van der Waals surface area (Å²) in [5.41, 5.74) is 4.99. The molecule has 0 unspecified atom stereocenters. The van der Waals surface area contributed by atoms with Crippen molar-refractivity contribution in [1.82, 2.24) is 0 Å². The van der Waals surface area contributed by atoms with E-state index >= 15 is 0 Å². The first kappa shape index (κ1) is 54.6. The molecule has 0 aromatic heterocycles. The molecule has 388 valence electrons. The van der Waals surface area contributed by atoms with E-state index in [0.717, 1.165) is 59.4 Å². The molecule has 0 aliphatic heterocycles. The van der Waals surface area contributed by atoms with Crippen molar-refractivity contribution in [3.63, 3.8) is 0 Å². The highest BCUT2D eigenvalue weighted by Crippen LogP contribution is 2.27. The van der Waals surface area contributed by atoms with Crippen LogP contribution < -0.4 is 28.4 Å². The third-order valence-electron chi connectivity index (χ3n) is 13.4. The molecule has 0 heterocycles. The van der Waals surface area contributed by atoms with Crippen LogP contribution in [0.3, 0.4) is 0 Å². The first-order valence-corrected chi connectivity index (χ1v) is 27.0. The Labute approximate surface area is 437 Å². The van der Waals surface area contributed by atoms with E-state index in [1.165, 1.54) is 77.0 Å². The number of hydrogen-bond acceptors (Lipinski definition) is 10. The van der Waals surface area contributed by atoms with Crippen molar-refractivity contribution >= 4 is 23.9 Å². The Hall–Kier alpha value is -7.20. The average molecular weight is 1000 g/mol. The van der Waals surface area contributed by atoms with Crippen LogP contribution in [0.15, 0.2) is 133 Å². The van der Waals surface area contributed by atoms with Crippen molar-refractivity contribution < 1.29 is 47.6 Å². The van der Waals surface area contributed by atoms with E-state index in [9.17, 15) is 19.2 Å². The first-order chi connectivity index (χ1) is 36.2. The highest BCUT2D eigenvalue weighted by molar-refractivity contribution is 5.95. The van der Waals surface area contributed by atoms with Gasteiger partial charge in [-0.25, -0.2) is 19.2 Å². The van der Waals surface area contributed by atoms with Gasteiger partial charge in [-0.3, -0.25) is 0 Å². The number of hydrogen-bond donors (Lipinski definition) is 0. The molecule has 0 amide bonds. The lowest BCUT2D eigenvalue weighted by Gasteiger charge is -2.16. The Morgan fingerprint density at radius 2 is 0.622 bits per heavy atom. The predicted molar refractivity (Wildman–Crippen MR) is 290 cm³/mol. The third kappa shape index (κ3) is 17.5. The topological polar surface area (TPSA) is 124 Å². The highest BCUT2D eigenvalue weighted by Gasteiger charge is 2.21. The normalized spacial score (nSPS) is 11.8. The maximum Gasteiger partial charge on any atom is 0.343 e. The molecule has 0 fully saturated rings. The molecule has 0 saturated heterocycles. The van der Waals surface area contributed by atoms with Crippen LogP contribution in [-0.4, -0.2) is 37.1 Å². The standard InChI is InChI=1S/C64H72O10/c1-3-5-7-9-11-13-15-17-43-69-53-35-39-57(40-36-53)71-61(65)51-27-31-55(32-28-51)73-63(67)59-45-47-19-23-49(59)25-21-48-20-24-50(26-22-47)60(46-48)64(68)74-56-33-29-52(30-34-56)62(66)72-58-41-37-54(38-42-58)70-44-18-16-14-12-10-8-6-4-2/h19-20,23-24,27-42,45-46H,3-18,21-22,25-26,43-44H2,1-2H3. The Kier molecular flexibility index (Phi) is 21.7. The zero-order chi connectivity index (χ0) is 51.7. The number of benzene rings is 6. The monoisotopic (exact) mass is 1000 g/mol. The lowest BCUT2D eigenvalue weighted by atomic mass is 9.91. The number of unbranched alkanes of at least 4 members (excludes halogenated alkanes) is 14. The Bertz CT molecular complexity index is 2520. The van der Waals surface area contributed by atoms with E-state index in [4.69, 9.17) is 28.4 Å². The van der Waals surface area contributed by atoms with Gasteiger partial charge in [-0.05, 0) is 170 Å². The van der Waals surface area contributed by atoms with Crippen molar-refractivity contribution in [3.05, 3.63) is 178 Å². The molecule has 4 aliphatic rings. The van der Waals surface area contributed by atoms with Gasteiger partial charge in [0.05, 0.1) is 35.5 Å². The third-order valence-corrected chi connectivity index (χ3v) is 13.4. The van der Waals surface area contributed by atoms with Gasteiger partial charge in [0.1, 0.15) is 34.5 Å². The highest BCUT2D eigenvalue weighted by atomic mass is 16.5. The van der Waals surface area contributed by atoms with Crippen LogP contribution in [0.5, 0.6) is 34.5 Å². The summed E-state index contributed by atoms with van der Waals surface area (Å²) in [6.07, 6.45) is 22.0. The van der Waals surface area contributed by atoms with Crippen molar-refractivity contribution in [3.8, 4) is 34.5 Å². The zero-order valence-corrected chi connectivity index (χ0v) is 43.3. The minimum absolute atomic E-state index is 0.297. The van der Waals surface area contributed by atoms with Crippen molar-refractivity contribution in [2.45, 2.75) is 142 Å². The van der Waals surface area contributed by atoms with E-state index in [-0.39, 0.29) is 0 Å². The fraction of sp³-hybridized carbons (Fsp3) is 0.375. The van der Waals surface area contributed by atoms with Gasteiger partial charge in [0, 0.05) is 0 Å². The van der Waals surface area contributed by atoms with Gasteiger partial charge in [-0.15, -0.1) is 0 Å². The summed E-state index contributed by atoms with van der Waals surface area (Å²) in [5, 5.41) is 0. The molecule has 0 saturated carbocycles. The Morgan fingerprint density at radius 1 is 0.324 bits per heavy atom. The fourth-order valence-corrected chi connectivity index (χ4v) is 8.97. The minimum Gasteiger partial charge on any atom is -0.494 e. The molecule has 10 rings (SSSR count). The first-order valence-electron chi connectivity index (χ1n) is 27.0. The van der Waals surface area contributed by atoms with E-state index in [1.54, 1.807) is 97.1 Å². The van der Waals surface area contributed by atoms with Gasteiger partial charge in [0.25, 0.3) is 0 Å².